The zero-order chi connectivity index (χ0) is 15.6. The Morgan fingerprint density at radius 3 is 2.00 bits per heavy atom. The third-order valence-electron chi connectivity index (χ3n) is 2.86. The molecule has 0 saturated heterocycles. The molecule has 0 saturated carbocycles. The van der Waals surface area contributed by atoms with Gasteiger partial charge >= 0.3 is 0 Å². The Morgan fingerprint density at radius 1 is 1.10 bits per heavy atom. The van der Waals surface area contributed by atoms with Gasteiger partial charge in [-0.25, -0.2) is 22.0 Å². The van der Waals surface area contributed by atoms with Gasteiger partial charge in [0.15, 0.2) is 0 Å². The molecule has 0 unspecified atom stereocenters. The Hall–Kier alpha value is -1.12. The zero-order valence-corrected chi connectivity index (χ0v) is 13.4. The molecule has 0 aliphatic carbocycles. The molecule has 0 bridgehead atoms. The number of aryl methyl sites for hydroxylation is 2. The van der Waals surface area contributed by atoms with Crippen LogP contribution in [-0.4, -0.2) is 22.6 Å². The summed E-state index contributed by atoms with van der Waals surface area (Å²) in [6, 6.07) is 2.72. The number of anilines is 1. The van der Waals surface area contributed by atoms with E-state index in [4.69, 9.17) is 5.14 Å². The number of nitrogens with two attached hydrogens (primary N) is 1. The number of sulfonamides is 2. The van der Waals surface area contributed by atoms with Crippen molar-refractivity contribution in [1.29, 1.82) is 0 Å². The molecule has 0 aliphatic rings. The smallest absolute Gasteiger partial charge is 0.238 e. The molecule has 0 aliphatic heterocycles. The minimum absolute atomic E-state index is 0.0241. The average Bonchev–Trinajstić information content (AvgIpc) is 2.30. The predicted molar refractivity (Wildman–Crippen MR) is 79.6 cm³/mol. The van der Waals surface area contributed by atoms with Crippen LogP contribution in [0.25, 0.3) is 0 Å². The van der Waals surface area contributed by atoms with Gasteiger partial charge in [0.1, 0.15) is 0 Å². The van der Waals surface area contributed by atoms with E-state index in [2.05, 4.69) is 4.72 Å². The Kier molecular flexibility index (Phi) is 5.17. The molecule has 1 rings (SSSR count). The molecule has 0 fully saturated rings. The Balaban J connectivity index is 3.16. The third-order valence-corrected chi connectivity index (χ3v) is 5.09. The zero-order valence-electron chi connectivity index (χ0n) is 11.8. The van der Waals surface area contributed by atoms with Gasteiger partial charge in [-0.1, -0.05) is 13.3 Å². The number of nitrogens with one attached hydrogen (secondary N) is 1. The summed E-state index contributed by atoms with van der Waals surface area (Å²) in [4.78, 5) is -0.0241. The first kappa shape index (κ1) is 16.9. The minimum Gasteiger partial charge on any atom is -0.283 e. The van der Waals surface area contributed by atoms with Gasteiger partial charge in [0.05, 0.1) is 16.3 Å². The summed E-state index contributed by atoms with van der Waals surface area (Å²) in [5, 5.41) is 5.07. The van der Waals surface area contributed by atoms with Gasteiger partial charge in [-0.2, -0.15) is 0 Å². The van der Waals surface area contributed by atoms with Crippen LogP contribution in [0.1, 0.15) is 30.9 Å². The summed E-state index contributed by atoms with van der Waals surface area (Å²) in [5.41, 5.74) is 1.46. The first-order valence-corrected chi connectivity index (χ1v) is 9.41. The predicted octanol–water partition coefficient (Wildman–Crippen LogP) is 1.49. The maximum absolute atomic E-state index is 11.9. The van der Waals surface area contributed by atoms with E-state index in [0.29, 0.717) is 23.2 Å². The lowest BCUT2D eigenvalue weighted by molar-refractivity contribution is 0.596. The van der Waals surface area contributed by atoms with Crippen LogP contribution in [0.4, 0.5) is 5.69 Å². The molecule has 0 aromatic heterocycles. The van der Waals surface area contributed by atoms with Crippen molar-refractivity contribution in [3.63, 3.8) is 0 Å². The topological polar surface area (TPSA) is 106 Å². The fourth-order valence-electron chi connectivity index (χ4n) is 1.79. The second-order valence-electron chi connectivity index (χ2n) is 4.75. The fraction of sp³-hybridized carbons (Fsp3) is 0.500. The van der Waals surface area contributed by atoms with Crippen molar-refractivity contribution in [2.45, 2.75) is 38.5 Å². The second-order valence-corrected chi connectivity index (χ2v) is 8.15. The van der Waals surface area contributed by atoms with Crippen LogP contribution < -0.4 is 9.86 Å². The van der Waals surface area contributed by atoms with Gasteiger partial charge in [0, 0.05) is 0 Å². The summed E-state index contributed by atoms with van der Waals surface area (Å²) in [7, 11) is -7.22. The van der Waals surface area contributed by atoms with E-state index in [1.165, 1.54) is 12.1 Å². The molecule has 0 spiro atoms. The standard InChI is InChI=1S/C12H20N2O4S2/c1-4-5-6-19(15,16)14-12-9(2)7-11(8-10(12)3)20(13,17)18/h7-8,14H,4-6H2,1-3H3,(H2,13,17,18). The van der Waals surface area contributed by atoms with E-state index in [-0.39, 0.29) is 10.6 Å². The fourth-order valence-corrected chi connectivity index (χ4v) is 3.88. The first-order valence-electron chi connectivity index (χ1n) is 6.21. The average molecular weight is 320 g/mol. The van der Waals surface area contributed by atoms with Crippen molar-refractivity contribution in [3.8, 4) is 0 Å². The highest BCUT2D eigenvalue weighted by molar-refractivity contribution is 7.92. The van der Waals surface area contributed by atoms with Gasteiger partial charge in [0.2, 0.25) is 20.0 Å². The number of primary sulfonamides is 1. The monoisotopic (exact) mass is 320 g/mol. The summed E-state index contributed by atoms with van der Waals surface area (Å²) in [6.07, 6.45) is 1.35. The highest BCUT2D eigenvalue weighted by atomic mass is 32.2. The maximum Gasteiger partial charge on any atom is 0.238 e. The van der Waals surface area contributed by atoms with Crippen molar-refractivity contribution < 1.29 is 16.8 Å². The van der Waals surface area contributed by atoms with Crippen LogP contribution in [0.5, 0.6) is 0 Å². The van der Waals surface area contributed by atoms with E-state index in [0.717, 1.165) is 6.42 Å². The summed E-state index contributed by atoms with van der Waals surface area (Å²) < 4.78 is 48.9. The molecule has 8 heteroatoms. The van der Waals surface area contributed by atoms with Crippen molar-refractivity contribution in [3.05, 3.63) is 23.3 Å². The Morgan fingerprint density at radius 2 is 1.60 bits per heavy atom. The summed E-state index contributed by atoms with van der Waals surface area (Å²) in [5.74, 6) is 0.0410. The van der Waals surface area contributed by atoms with E-state index in [1.807, 2.05) is 6.92 Å². The molecule has 114 valence electrons. The highest BCUT2D eigenvalue weighted by Gasteiger charge is 2.16. The molecule has 0 amide bonds. The van der Waals surface area contributed by atoms with Crippen LogP contribution >= 0.6 is 0 Å². The van der Waals surface area contributed by atoms with Gasteiger partial charge in [-0.3, -0.25) is 4.72 Å². The maximum atomic E-state index is 11.9. The molecule has 0 atom stereocenters. The number of unbranched alkanes of at least 4 members (excludes halogenated alkanes) is 1. The number of hydrogen-bond acceptors (Lipinski definition) is 4. The molecule has 0 heterocycles. The SMILES string of the molecule is CCCCS(=O)(=O)Nc1c(C)cc(S(N)(=O)=O)cc1C. The van der Waals surface area contributed by atoms with Crippen LogP contribution in [0.15, 0.2) is 17.0 Å². The highest BCUT2D eigenvalue weighted by Crippen LogP contribution is 2.25. The van der Waals surface area contributed by atoms with Gasteiger partial charge < -0.3 is 0 Å². The minimum atomic E-state index is -3.80. The van der Waals surface area contributed by atoms with Crippen LogP contribution in [0, 0.1) is 13.8 Å². The van der Waals surface area contributed by atoms with E-state index in [9.17, 15) is 16.8 Å². The van der Waals surface area contributed by atoms with Crippen molar-refractivity contribution in [1.82, 2.24) is 0 Å². The van der Waals surface area contributed by atoms with Crippen molar-refractivity contribution in [2.75, 3.05) is 10.5 Å². The Bertz CT molecular complexity index is 671. The van der Waals surface area contributed by atoms with Crippen LogP contribution in [0.3, 0.4) is 0 Å². The van der Waals surface area contributed by atoms with E-state index in [1.54, 1.807) is 13.8 Å². The van der Waals surface area contributed by atoms with Gasteiger partial charge in [-0.15, -0.1) is 0 Å². The lowest BCUT2D eigenvalue weighted by Crippen LogP contribution is -2.19. The van der Waals surface area contributed by atoms with Gasteiger partial charge in [0.25, 0.3) is 0 Å². The van der Waals surface area contributed by atoms with Crippen LogP contribution in [0.2, 0.25) is 0 Å². The summed E-state index contributed by atoms with van der Waals surface area (Å²) >= 11 is 0. The Labute approximate surface area is 120 Å². The molecule has 1 aromatic carbocycles. The quantitative estimate of drug-likeness (QED) is 0.828. The molecule has 20 heavy (non-hydrogen) atoms. The second kappa shape index (κ2) is 6.11. The molecule has 0 radical (unpaired) electrons. The summed E-state index contributed by atoms with van der Waals surface area (Å²) in [6.45, 7) is 5.19. The number of rotatable bonds is 6. The lowest BCUT2D eigenvalue weighted by atomic mass is 10.1. The van der Waals surface area contributed by atoms with E-state index < -0.39 is 20.0 Å². The molecular formula is C12H20N2O4S2. The van der Waals surface area contributed by atoms with E-state index >= 15 is 0 Å². The van der Waals surface area contributed by atoms with Crippen LogP contribution in [-0.2, 0) is 20.0 Å². The first-order chi connectivity index (χ1) is 9.07. The largest absolute Gasteiger partial charge is 0.283 e. The molecule has 1 aromatic rings. The lowest BCUT2D eigenvalue weighted by Gasteiger charge is -2.14. The molecule has 6 nitrogen and oxygen atoms in total. The normalized spacial score (nSPS) is 12.4. The number of benzene rings is 1. The van der Waals surface area contributed by atoms with Gasteiger partial charge in [-0.05, 0) is 43.5 Å². The van der Waals surface area contributed by atoms with Crippen molar-refractivity contribution >= 4 is 25.7 Å². The van der Waals surface area contributed by atoms with Crippen molar-refractivity contribution in [2.24, 2.45) is 5.14 Å². The number of hydrogen-bond donors (Lipinski definition) is 2. The third kappa shape index (κ3) is 4.46. The molecule has 3 N–H and O–H groups in total. The molecular weight excluding hydrogens is 300 g/mol.